The van der Waals surface area contributed by atoms with E-state index in [9.17, 15) is 0 Å². The van der Waals surface area contributed by atoms with Crippen molar-refractivity contribution < 1.29 is 0 Å². The molecule has 1 saturated carbocycles. The molecule has 132 valence electrons. The first kappa shape index (κ1) is 16.7. The highest BCUT2D eigenvalue weighted by atomic mass is 32.2. The summed E-state index contributed by atoms with van der Waals surface area (Å²) >= 11 is 2.23. The van der Waals surface area contributed by atoms with Gasteiger partial charge in [0.2, 0.25) is 0 Å². The van der Waals surface area contributed by atoms with Crippen LogP contribution in [0.2, 0.25) is 0 Å². The third-order valence-corrected chi connectivity index (χ3v) is 8.88. The lowest BCUT2D eigenvalue weighted by molar-refractivity contribution is 0.0878. The van der Waals surface area contributed by atoms with E-state index in [2.05, 4.69) is 22.4 Å². The van der Waals surface area contributed by atoms with Crippen LogP contribution in [0.3, 0.4) is 0 Å². The molecule has 3 heteroatoms. The largest absolute Gasteiger partial charge is 0.317 e. The smallest absolute Gasteiger partial charge is 0.0101 e. The van der Waals surface area contributed by atoms with Gasteiger partial charge in [-0.15, -0.1) is 0 Å². The zero-order valence-electron chi connectivity index (χ0n) is 14.9. The summed E-state index contributed by atoms with van der Waals surface area (Å²) in [6, 6.07) is 0.824. The zero-order valence-corrected chi connectivity index (χ0v) is 15.7. The summed E-state index contributed by atoms with van der Waals surface area (Å²) in [5.41, 5.74) is 1.40. The summed E-state index contributed by atoms with van der Waals surface area (Å²) in [6.07, 6.45) is 16.3. The van der Waals surface area contributed by atoms with Crippen LogP contribution in [0.5, 0.6) is 0 Å². The van der Waals surface area contributed by atoms with Gasteiger partial charge in [-0.05, 0) is 112 Å². The molecule has 0 aromatic heterocycles. The molecule has 4 aliphatic rings. The summed E-state index contributed by atoms with van der Waals surface area (Å²) in [4.78, 5) is 0. The van der Waals surface area contributed by atoms with Crippen LogP contribution in [0.1, 0.15) is 70.6 Å². The maximum absolute atomic E-state index is 4.02. The Labute approximate surface area is 147 Å². The lowest BCUT2D eigenvalue weighted by Crippen LogP contribution is -2.43. The molecule has 3 heterocycles. The molecule has 4 fully saturated rings. The maximum Gasteiger partial charge on any atom is 0.0101 e. The van der Waals surface area contributed by atoms with Gasteiger partial charge in [0.25, 0.3) is 0 Å². The topological polar surface area (TPSA) is 24.1 Å². The van der Waals surface area contributed by atoms with Crippen molar-refractivity contribution in [2.75, 3.05) is 31.1 Å². The van der Waals surface area contributed by atoms with Crippen LogP contribution >= 0.6 is 11.8 Å². The fourth-order valence-corrected chi connectivity index (χ4v) is 7.78. The molecule has 3 saturated heterocycles. The molecule has 0 bridgehead atoms. The molecule has 2 nitrogen and oxygen atoms in total. The van der Waals surface area contributed by atoms with Gasteiger partial charge in [0, 0.05) is 6.04 Å². The Hall–Kier alpha value is 0.270. The lowest BCUT2D eigenvalue weighted by atomic mass is 9.63. The maximum atomic E-state index is 4.02. The third-order valence-electron chi connectivity index (χ3n) is 7.57. The first-order chi connectivity index (χ1) is 11.3. The second-order valence-electron chi connectivity index (χ2n) is 9.13. The number of rotatable bonds is 1. The summed E-state index contributed by atoms with van der Waals surface area (Å²) in [7, 11) is 0. The number of nitrogens with one attached hydrogen (secondary N) is 2. The fourth-order valence-electron chi connectivity index (χ4n) is 6.22. The highest BCUT2D eigenvalue weighted by Crippen LogP contribution is 2.50. The quantitative estimate of drug-likeness (QED) is 0.750. The van der Waals surface area contributed by atoms with Crippen molar-refractivity contribution in [3.8, 4) is 0 Å². The van der Waals surface area contributed by atoms with Gasteiger partial charge < -0.3 is 10.6 Å². The van der Waals surface area contributed by atoms with Gasteiger partial charge in [0.15, 0.2) is 0 Å². The molecule has 0 aromatic carbocycles. The monoisotopic (exact) mass is 336 g/mol. The molecule has 4 atom stereocenters. The second kappa shape index (κ2) is 7.25. The van der Waals surface area contributed by atoms with Crippen molar-refractivity contribution in [3.05, 3.63) is 0 Å². The van der Waals surface area contributed by atoms with Crippen LogP contribution in [0.25, 0.3) is 0 Å². The minimum absolute atomic E-state index is 0.692. The van der Waals surface area contributed by atoms with Crippen LogP contribution < -0.4 is 10.6 Å². The Morgan fingerprint density at radius 2 is 1.65 bits per heavy atom. The van der Waals surface area contributed by atoms with E-state index in [1.807, 2.05) is 0 Å². The molecule has 23 heavy (non-hydrogen) atoms. The van der Waals surface area contributed by atoms with Crippen LogP contribution in [-0.2, 0) is 0 Å². The Kier molecular flexibility index (Phi) is 5.27. The molecule has 0 aromatic rings. The van der Waals surface area contributed by atoms with E-state index in [0.29, 0.717) is 10.8 Å². The molecule has 0 amide bonds. The number of hydrogen-bond acceptors (Lipinski definition) is 3. The van der Waals surface area contributed by atoms with Gasteiger partial charge in [-0.3, -0.25) is 0 Å². The van der Waals surface area contributed by atoms with Gasteiger partial charge >= 0.3 is 0 Å². The van der Waals surface area contributed by atoms with E-state index in [0.717, 1.165) is 12.0 Å². The molecule has 4 rings (SSSR count). The molecular weight excluding hydrogens is 300 g/mol. The predicted molar refractivity (Wildman–Crippen MR) is 101 cm³/mol. The van der Waals surface area contributed by atoms with Crippen molar-refractivity contribution in [3.63, 3.8) is 0 Å². The Balaban J connectivity index is 1.45. The van der Waals surface area contributed by atoms with E-state index in [4.69, 9.17) is 0 Å². The average molecular weight is 337 g/mol. The van der Waals surface area contributed by atoms with E-state index in [1.54, 1.807) is 0 Å². The molecule has 2 N–H and O–H groups in total. The van der Waals surface area contributed by atoms with Crippen LogP contribution in [0, 0.1) is 16.7 Å². The summed E-state index contributed by atoms with van der Waals surface area (Å²) in [5, 5.41) is 7.66. The van der Waals surface area contributed by atoms with Gasteiger partial charge in [-0.1, -0.05) is 6.42 Å². The average Bonchev–Trinajstić information content (AvgIpc) is 2.77. The summed E-state index contributed by atoms with van der Waals surface area (Å²) in [5.74, 6) is 3.84. The van der Waals surface area contributed by atoms with E-state index in [-0.39, 0.29) is 0 Å². The van der Waals surface area contributed by atoms with E-state index in [1.165, 1.54) is 102 Å². The molecule has 1 aliphatic carbocycles. The van der Waals surface area contributed by atoms with E-state index < -0.39 is 0 Å². The van der Waals surface area contributed by atoms with Crippen molar-refractivity contribution >= 4 is 11.8 Å². The molecule has 2 spiro atoms. The van der Waals surface area contributed by atoms with Gasteiger partial charge in [-0.2, -0.15) is 11.8 Å². The molecular formula is C20H36N2S. The lowest BCUT2D eigenvalue weighted by Gasteiger charge is -2.44. The van der Waals surface area contributed by atoms with Crippen LogP contribution in [0.15, 0.2) is 0 Å². The fraction of sp³-hybridized carbons (Fsp3) is 1.00. The summed E-state index contributed by atoms with van der Waals surface area (Å²) in [6.45, 7) is 3.81. The zero-order chi connectivity index (χ0) is 15.6. The van der Waals surface area contributed by atoms with E-state index >= 15 is 0 Å². The highest BCUT2D eigenvalue weighted by Gasteiger charge is 2.43. The normalized spacial score (nSPS) is 45.9. The summed E-state index contributed by atoms with van der Waals surface area (Å²) < 4.78 is 0. The second-order valence-corrected chi connectivity index (χ2v) is 10.2. The first-order valence-corrected chi connectivity index (χ1v) is 11.5. The van der Waals surface area contributed by atoms with Crippen molar-refractivity contribution in [1.29, 1.82) is 0 Å². The molecule has 0 radical (unpaired) electrons. The minimum Gasteiger partial charge on any atom is -0.317 e. The predicted octanol–water partition coefficient (Wildman–Crippen LogP) is 4.20. The van der Waals surface area contributed by atoms with Gasteiger partial charge in [0.1, 0.15) is 0 Å². The Bertz CT molecular complexity index is 383. The van der Waals surface area contributed by atoms with Gasteiger partial charge in [-0.25, -0.2) is 0 Å². The number of thioether (sulfide) groups is 1. The van der Waals surface area contributed by atoms with Crippen LogP contribution in [0.4, 0.5) is 0 Å². The van der Waals surface area contributed by atoms with Crippen molar-refractivity contribution in [1.82, 2.24) is 10.6 Å². The number of hydrogen-bond donors (Lipinski definition) is 2. The Morgan fingerprint density at radius 1 is 0.783 bits per heavy atom. The minimum atomic E-state index is 0.692. The first-order valence-electron chi connectivity index (χ1n) is 10.3. The standard InChI is InChI=1S/C20H36N2S/c1-4-17(14-19(5-1)6-2-10-21-12-8-19)18-15-20(7-3-11-22-18)9-13-23-16-20/h17-18,21-22H,1-16H2. The molecule has 3 aliphatic heterocycles. The van der Waals surface area contributed by atoms with Crippen molar-refractivity contribution in [2.24, 2.45) is 16.7 Å². The van der Waals surface area contributed by atoms with Crippen molar-refractivity contribution in [2.45, 2.75) is 76.7 Å². The molecule has 4 unspecified atom stereocenters. The SMILES string of the molecule is C1CNCCC2(C1)CCCC(C1CC3(CCCN1)CCSC3)C2. The van der Waals surface area contributed by atoms with Crippen LogP contribution in [-0.4, -0.2) is 37.2 Å². The van der Waals surface area contributed by atoms with Gasteiger partial charge in [0.05, 0.1) is 0 Å². The Morgan fingerprint density at radius 3 is 2.57 bits per heavy atom. The third kappa shape index (κ3) is 3.77. The highest BCUT2D eigenvalue weighted by molar-refractivity contribution is 7.99.